The maximum Gasteiger partial charge on any atom is 0.271 e. The molecule has 0 fully saturated rings. The highest BCUT2D eigenvalue weighted by Gasteiger charge is 2.20. The fourth-order valence-corrected chi connectivity index (χ4v) is 3.34. The average molecular weight is 509 g/mol. The lowest BCUT2D eigenvalue weighted by molar-refractivity contribution is -0.384. The first-order valence-electron chi connectivity index (χ1n) is 7.35. The minimum Gasteiger partial charge on any atom is -0.453 e. The van der Waals surface area contributed by atoms with Crippen molar-refractivity contribution in [1.82, 2.24) is 0 Å². The molecule has 3 aromatic rings. The minimum atomic E-state index is -0.743. The third kappa shape index (κ3) is 4.07. The lowest BCUT2D eigenvalue weighted by atomic mass is 10.0. The Morgan fingerprint density at radius 3 is 2.43 bits per heavy atom. The van der Waals surface area contributed by atoms with Gasteiger partial charge in [-0.25, -0.2) is 8.78 Å². The number of hydrogen-bond acceptors (Lipinski definition) is 3. The molecule has 0 N–H and O–H groups in total. The summed E-state index contributed by atoms with van der Waals surface area (Å²) in [7, 11) is 0. The molecule has 4 nitrogen and oxygen atoms in total. The Morgan fingerprint density at radius 1 is 1.07 bits per heavy atom. The zero-order valence-corrected chi connectivity index (χ0v) is 17.3. The Morgan fingerprint density at radius 2 is 1.79 bits per heavy atom. The second kappa shape index (κ2) is 8.21. The van der Waals surface area contributed by atoms with E-state index in [4.69, 9.17) is 39.5 Å². The van der Waals surface area contributed by atoms with Crippen molar-refractivity contribution in [1.29, 1.82) is 0 Å². The van der Waals surface area contributed by atoms with Crippen molar-refractivity contribution >= 4 is 56.4 Å². The monoisotopic (exact) mass is 506 g/mol. The molecule has 0 spiro atoms. The normalized spacial score (nSPS) is 10.8. The van der Waals surface area contributed by atoms with E-state index in [0.717, 1.165) is 18.2 Å². The van der Waals surface area contributed by atoms with E-state index < -0.39 is 16.6 Å². The first-order chi connectivity index (χ1) is 13.2. The molecule has 0 atom stereocenters. The van der Waals surface area contributed by atoms with Gasteiger partial charge in [-0.3, -0.25) is 10.1 Å². The third-order valence-electron chi connectivity index (χ3n) is 3.60. The predicted molar refractivity (Wildman–Crippen MR) is 107 cm³/mol. The summed E-state index contributed by atoms with van der Waals surface area (Å²) in [6, 6.07) is 9.41. The molecule has 0 bridgehead atoms. The number of halogens is 6. The summed E-state index contributed by atoms with van der Waals surface area (Å²) in [6.07, 6.45) is 0. The number of non-ortho nitro benzene ring substituents is 1. The van der Waals surface area contributed by atoms with E-state index in [9.17, 15) is 18.9 Å². The van der Waals surface area contributed by atoms with Gasteiger partial charge in [-0.05, 0) is 46.3 Å². The summed E-state index contributed by atoms with van der Waals surface area (Å²) in [5, 5.41) is 10.6. The highest BCUT2D eigenvalue weighted by Crippen LogP contribution is 2.44. The first kappa shape index (κ1) is 20.8. The van der Waals surface area contributed by atoms with Crippen LogP contribution in [0, 0.1) is 27.8 Å². The molecule has 0 aliphatic heterocycles. The molecule has 0 aromatic heterocycles. The molecular weight excluding hydrogens is 502 g/mol. The number of hydrogen-bond donors (Lipinski definition) is 0. The predicted octanol–water partition coefficient (Wildman–Crippen LogP) is 7.86. The molecule has 1 radical (unpaired) electrons. The molecule has 0 heterocycles. The Balaban J connectivity index is 2.08. The lowest BCUT2D eigenvalue weighted by Gasteiger charge is -2.14. The van der Waals surface area contributed by atoms with Crippen LogP contribution in [0.1, 0.15) is 0 Å². The molecule has 0 amide bonds. The minimum absolute atomic E-state index is 0.0167. The summed E-state index contributed by atoms with van der Waals surface area (Å²) >= 11 is 21.3. The molecule has 0 aliphatic rings. The van der Waals surface area contributed by atoms with E-state index in [1.807, 2.05) is 0 Å². The summed E-state index contributed by atoms with van der Waals surface area (Å²) < 4.78 is 33.7. The summed E-state index contributed by atoms with van der Waals surface area (Å²) in [4.78, 5) is 10.2. The molecular formula is C18H6BrCl3F2NO3. The van der Waals surface area contributed by atoms with Crippen molar-refractivity contribution in [2.24, 2.45) is 0 Å². The van der Waals surface area contributed by atoms with Gasteiger partial charge >= 0.3 is 0 Å². The van der Waals surface area contributed by atoms with Crippen LogP contribution in [-0.2, 0) is 0 Å². The first-order valence-corrected chi connectivity index (χ1v) is 9.28. The van der Waals surface area contributed by atoms with Gasteiger partial charge in [-0.1, -0.05) is 34.8 Å². The van der Waals surface area contributed by atoms with Gasteiger partial charge in [0.15, 0.2) is 5.75 Å². The zero-order chi connectivity index (χ0) is 20.6. The summed E-state index contributed by atoms with van der Waals surface area (Å²) in [6.45, 7) is 0. The van der Waals surface area contributed by atoms with Crippen molar-refractivity contribution in [3.8, 4) is 22.6 Å². The van der Waals surface area contributed by atoms with Gasteiger partial charge in [0, 0.05) is 23.3 Å². The third-order valence-corrected chi connectivity index (χ3v) is 5.14. The second-order valence-electron chi connectivity index (χ2n) is 5.37. The molecule has 0 saturated carbocycles. The standard InChI is InChI=1S/C18H6BrCl3F2NO3/c19-11-7-14(23)10(6-15(11)24)9-2-3-12(20)18(17(9)22)28-16-4-1-8(25(26)27)5-13(16)21/h1,3-7H. The molecule has 28 heavy (non-hydrogen) atoms. The molecule has 3 rings (SSSR count). The van der Waals surface area contributed by atoms with Crippen LogP contribution >= 0.6 is 50.7 Å². The molecule has 0 aliphatic carbocycles. The number of nitrogens with zero attached hydrogens (tertiary/aromatic N) is 1. The number of nitro benzene ring substituents is 1. The van der Waals surface area contributed by atoms with Crippen molar-refractivity contribution in [2.75, 3.05) is 0 Å². The highest BCUT2D eigenvalue weighted by molar-refractivity contribution is 9.10. The van der Waals surface area contributed by atoms with Gasteiger partial charge in [-0.2, -0.15) is 0 Å². The van der Waals surface area contributed by atoms with Crippen LogP contribution in [0.3, 0.4) is 0 Å². The van der Waals surface area contributed by atoms with E-state index >= 15 is 0 Å². The Bertz CT molecular complexity index is 1110. The topological polar surface area (TPSA) is 52.4 Å². The van der Waals surface area contributed by atoms with Gasteiger partial charge in [0.05, 0.1) is 24.5 Å². The fraction of sp³-hybridized carbons (Fsp3) is 0. The van der Waals surface area contributed by atoms with E-state index in [0.29, 0.717) is 0 Å². The van der Waals surface area contributed by atoms with Gasteiger partial charge in [0.1, 0.15) is 17.4 Å². The van der Waals surface area contributed by atoms with Crippen LogP contribution in [0.2, 0.25) is 15.1 Å². The van der Waals surface area contributed by atoms with Gasteiger partial charge in [-0.15, -0.1) is 0 Å². The van der Waals surface area contributed by atoms with Crippen LogP contribution in [0.25, 0.3) is 11.1 Å². The zero-order valence-electron chi connectivity index (χ0n) is 13.4. The molecule has 0 saturated heterocycles. The van der Waals surface area contributed by atoms with E-state index in [2.05, 4.69) is 22.0 Å². The molecule has 10 heteroatoms. The quantitative estimate of drug-likeness (QED) is 0.205. The lowest BCUT2D eigenvalue weighted by Crippen LogP contribution is -1.94. The largest absolute Gasteiger partial charge is 0.453 e. The number of nitro groups is 1. The van der Waals surface area contributed by atoms with Gasteiger partial charge < -0.3 is 4.74 Å². The van der Waals surface area contributed by atoms with Gasteiger partial charge in [0.25, 0.3) is 5.69 Å². The van der Waals surface area contributed by atoms with Crippen LogP contribution in [0.15, 0.2) is 40.9 Å². The van der Waals surface area contributed by atoms with E-state index in [-0.39, 0.29) is 47.9 Å². The Kier molecular flexibility index (Phi) is 6.09. The van der Waals surface area contributed by atoms with Crippen LogP contribution in [0.4, 0.5) is 14.5 Å². The van der Waals surface area contributed by atoms with Crippen LogP contribution < -0.4 is 4.74 Å². The number of rotatable bonds is 4. The van der Waals surface area contributed by atoms with Crippen molar-refractivity contribution in [3.05, 3.63) is 83.8 Å². The van der Waals surface area contributed by atoms with Crippen molar-refractivity contribution in [3.63, 3.8) is 0 Å². The fourth-order valence-electron chi connectivity index (χ4n) is 2.28. The average Bonchev–Trinajstić information content (AvgIpc) is 2.63. The highest BCUT2D eigenvalue weighted by atomic mass is 79.9. The maximum absolute atomic E-state index is 14.3. The van der Waals surface area contributed by atoms with Crippen LogP contribution in [-0.4, -0.2) is 4.92 Å². The van der Waals surface area contributed by atoms with Crippen LogP contribution in [0.5, 0.6) is 11.5 Å². The Labute approximate surface area is 180 Å². The molecule has 143 valence electrons. The Hall–Kier alpha value is -1.93. The molecule has 3 aromatic carbocycles. The van der Waals surface area contributed by atoms with E-state index in [1.165, 1.54) is 18.2 Å². The summed E-state index contributed by atoms with van der Waals surface area (Å²) in [5.41, 5.74) is -0.367. The SMILES string of the molecule is O=[N+]([O-])c1ccc(Oc2c(Cl)c[c]c(-c3cc(F)c(Br)cc3F)c2Cl)c(Cl)c1. The van der Waals surface area contributed by atoms with E-state index in [1.54, 1.807) is 0 Å². The van der Waals surface area contributed by atoms with Crippen molar-refractivity contribution < 1.29 is 18.4 Å². The smallest absolute Gasteiger partial charge is 0.271 e. The molecule has 0 unspecified atom stereocenters. The number of benzene rings is 3. The van der Waals surface area contributed by atoms with Gasteiger partial charge in [0.2, 0.25) is 0 Å². The maximum atomic E-state index is 14.3. The number of ether oxygens (including phenoxy) is 1. The summed E-state index contributed by atoms with van der Waals surface area (Å²) in [5.74, 6) is -1.49. The van der Waals surface area contributed by atoms with Crippen molar-refractivity contribution in [2.45, 2.75) is 0 Å². The second-order valence-corrected chi connectivity index (χ2v) is 7.42.